The van der Waals surface area contributed by atoms with Crippen molar-refractivity contribution in [3.63, 3.8) is 0 Å². The molecule has 0 saturated heterocycles. The van der Waals surface area contributed by atoms with Gasteiger partial charge in [-0.2, -0.15) is 0 Å². The first-order valence-corrected chi connectivity index (χ1v) is 24.1. The molecule has 0 aromatic carbocycles. The standard InChI is InChI=1S/C48H84NO8P/c1-6-8-10-12-14-16-18-20-22-24-26-28-30-32-34-36-38-40-47(50)54-44-46(45-56-58(52,53)55-43-42-49(3,4)5)57-48(51)41-39-37-35-33-31-29-27-25-23-21-19-17-15-13-11-9-7-2/h15,17,20-23,26-29,32,34,46H,6-14,16,18-19,24-25,30-31,33,35-45H2,1-5H3/b17-15-,22-20-,23-21-,28-26-,29-27-,34-32-/t46-/m1/s1. The van der Waals surface area contributed by atoms with Gasteiger partial charge in [0.05, 0.1) is 27.7 Å². The maximum absolute atomic E-state index is 12.7. The number of allylic oxidation sites excluding steroid dienone is 12. The number of carbonyl (C=O) groups is 2. The van der Waals surface area contributed by atoms with E-state index in [1.54, 1.807) is 0 Å². The van der Waals surface area contributed by atoms with Gasteiger partial charge in [-0.15, -0.1) is 0 Å². The maximum Gasteiger partial charge on any atom is 0.306 e. The lowest BCUT2D eigenvalue weighted by atomic mass is 10.1. The van der Waals surface area contributed by atoms with Gasteiger partial charge in [0.25, 0.3) is 7.82 Å². The second-order valence-electron chi connectivity index (χ2n) is 16.1. The minimum absolute atomic E-state index is 0.0465. The summed E-state index contributed by atoms with van der Waals surface area (Å²) in [6.45, 7) is 4.09. The van der Waals surface area contributed by atoms with Crippen molar-refractivity contribution < 1.29 is 42.1 Å². The molecule has 0 aliphatic heterocycles. The molecule has 334 valence electrons. The molecule has 0 N–H and O–H groups in total. The van der Waals surface area contributed by atoms with E-state index in [0.29, 0.717) is 23.9 Å². The van der Waals surface area contributed by atoms with Crippen molar-refractivity contribution >= 4 is 19.8 Å². The Morgan fingerprint density at radius 2 is 0.948 bits per heavy atom. The first-order chi connectivity index (χ1) is 28.0. The molecule has 0 aromatic heterocycles. The molecule has 2 atom stereocenters. The molecule has 0 aliphatic carbocycles. The fourth-order valence-corrected chi connectivity index (χ4v) is 6.35. The van der Waals surface area contributed by atoms with E-state index in [1.807, 2.05) is 21.1 Å². The highest BCUT2D eigenvalue weighted by Gasteiger charge is 2.21. The summed E-state index contributed by atoms with van der Waals surface area (Å²) < 4.78 is 33.8. The fourth-order valence-electron chi connectivity index (χ4n) is 5.62. The highest BCUT2D eigenvalue weighted by Crippen LogP contribution is 2.38. The lowest BCUT2D eigenvalue weighted by molar-refractivity contribution is -0.870. The van der Waals surface area contributed by atoms with Gasteiger partial charge in [0.1, 0.15) is 19.8 Å². The Balaban J connectivity index is 4.49. The molecule has 1 unspecified atom stereocenters. The van der Waals surface area contributed by atoms with Gasteiger partial charge in [0, 0.05) is 12.8 Å². The highest BCUT2D eigenvalue weighted by atomic mass is 31.2. The van der Waals surface area contributed by atoms with E-state index in [2.05, 4.69) is 86.8 Å². The van der Waals surface area contributed by atoms with Crippen LogP contribution in [-0.2, 0) is 32.7 Å². The number of phosphoric acid groups is 1. The van der Waals surface area contributed by atoms with Crippen molar-refractivity contribution in [2.75, 3.05) is 47.5 Å². The van der Waals surface area contributed by atoms with E-state index < -0.39 is 32.5 Å². The smallest absolute Gasteiger partial charge is 0.306 e. The third-order valence-corrected chi connectivity index (χ3v) is 10.2. The third-order valence-electron chi connectivity index (χ3n) is 9.20. The van der Waals surface area contributed by atoms with Gasteiger partial charge in [-0.05, 0) is 83.5 Å². The largest absolute Gasteiger partial charge is 0.756 e. The second-order valence-corrected chi connectivity index (χ2v) is 17.5. The van der Waals surface area contributed by atoms with Crippen molar-refractivity contribution in [3.05, 3.63) is 72.9 Å². The van der Waals surface area contributed by atoms with Crippen LogP contribution in [0.15, 0.2) is 72.9 Å². The molecule has 0 rings (SSSR count). The number of quaternary nitrogens is 1. The molecular formula is C48H84NO8P. The monoisotopic (exact) mass is 834 g/mol. The van der Waals surface area contributed by atoms with Crippen LogP contribution < -0.4 is 4.89 Å². The number of ether oxygens (including phenoxy) is 2. The zero-order valence-corrected chi connectivity index (χ0v) is 38.4. The molecule has 9 nitrogen and oxygen atoms in total. The minimum atomic E-state index is -4.65. The summed E-state index contributed by atoms with van der Waals surface area (Å²) in [6.07, 6.45) is 49.3. The van der Waals surface area contributed by atoms with Gasteiger partial charge in [-0.1, -0.05) is 145 Å². The molecule has 0 aliphatic rings. The average Bonchev–Trinajstić information content (AvgIpc) is 3.17. The number of unbranched alkanes of at least 4 members (excludes halogenated alkanes) is 14. The van der Waals surface area contributed by atoms with Crippen LogP contribution in [0.5, 0.6) is 0 Å². The normalized spacial score (nSPS) is 14.2. The molecule has 0 heterocycles. The van der Waals surface area contributed by atoms with E-state index in [4.69, 9.17) is 18.5 Å². The SMILES string of the molecule is CCCCC/C=C\C/C=C\C/C=C\CCCCCCC(=O)O[C@H](COC(=O)CCC/C=C\C/C=C\C/C=C\CCCCCCCC)COP(=O)([O-])OCC[N+](C)(C)C. The summed E-state index contributed by atoms with van der Waals surface area (Å²) in [4.78, 5) is 37.5. The van der Waals surface area contributed by atoms with E-state index in [1.165, 1.54) is 64.2 Å². The van der Waals surface area contributed by atoms with Crippen molar-refractivity contribution in [3.8, 4) is 0 Å². The van der Waals surface area contributed by atoms with Gasteiger partial charge in [0.15, 0.2) is 6.10 Å². The predicted octanol–water partition coefficient (Wildman–Crippen LogP) is 12.4. The molecule has 0 amide bonds. The van der Waals surface area contributed by atoms with Crippen LogP contribution >= 0.6 is 7.82 Å². The van der Waals surface area contributed by atoms with Crippen molar-refractivity contribution in [1.29, 1.82) is 0 Å². The molecule has 0 saturated carbocycles. The summed E-state index contributed by atoms with van der Waals surface area (Å²) in [5.74, 6) is -0.927. The van der Waals surface area contributed by atoms with E-state index >= 15 is 0 Å². The Hall–Kier alpha value is -2.55. The number of rotatable bonds is 40. The van der Waals surface area contributed by atoms with Crippen LogP contribution in [0.25, 0.3) is 0 Å². The quantitative estimate of drug-likeness (QED) is 0.0197. The number of carbonyl (C=O) groups excluding carboxylic acids is 2. The molecule has 10 heteroatoms. The van der Waals surface area contributed by atoms with Gasteiger partial charge in [-0.25, -0.2) is 0 Å². The summed E-state index contributed by atoms with van der Waals surface area (Å²) in [7, 11) is 1.11. The van der Waals surface area contributed by atoms with Gasteiger partial charge in [-0.3, -0.25) is 14.2 Å². The van der Waals surface area contributed by atoms with Gasteiger partial charge in [0.2, 0.25) is 0 Å². The zero-order chi connectivity index (χ0) is 42.8. The Kier molecular flexibility index (Phi) is 38.1. The van der Waals surface area contributed by atoms with Crippen LogP contribution in [0.2, 0.25) is 0 Å². The minimum Gasteiger partial charge on any atom is -0.756 e. The first kappa shape index (κ1) is 55.5. The fraction of sp³-hybridized carbons (Fsp3) is 0.708. The summed E-state index contributed by atoms with van der Waals surface area (Å²) in [5, 5.41) is 0. The van der Waals surface area contributed by atoms with Crippen LogP contribution in [0, 0.1) is 0 Å². The number of phosphoric ester groups is 1. The average molecular weight is 834 g/mol. The van der Waals surface area contributed by atoms with Crippen molar-refractivity contribution in [2.45, 2.75) is 174 Å². The maximum atomic E-state index is 12.7. The Morgan fingerprint density at radius 3 is 1.47 bits per heavy atom. The topological polar surface area (TPSA) is 111 Å². The van der Waals surface area contributed by atoms with Crippen molar-refractivity contribution in [2.24, 2.45) is 0 Å². The van der Waals surface area contributed by atoms with Gasteiger partial charge < -0.3 is 27.9 Å². The van der Waals surface area contributed by atoms with Crippen LogP contribution in [-0.4, -0.2) is 70.0 Å². The van der Waals surface area contributed by atoms with Gasteiger partial charge >= 0.3 is 11.9 Å². The number of likely N-dealkylation sites (N-methyl/N-ethyl adjacent to an activating group) is 1. The molecule has 0 aromatic rings. The Labute approximate surface area is 355 Å². The molecule has 0 bridgehead atoms. The molecule has 0 spiro atoms. The van der Waals surface area contributed by atoms with Crippen LogP contribution in [0.3, 0.4) is 0 Å². The summed E-state index contributed by atoms with van der Waals surface area (Å²) in [5.41, 5.74) is 0. The second kappa shape index (κ2) is 39.9. The Morgan fingerprint density at radius 1 is 0.534 bits per heavy atom. The van der Waals surface area contributed by atoms with E-state index in [0.717, 1.165) is 64.2 Å². The van der Waals surface area contributed by atoms with Crippen LogP contribution in [0.4, 0.5) is 0 Å². The molecule has 0 fully saturated rings. The van der Waals surface area contributed by atoms with Crippen molar-refractivity contribution in [1.82, 2.24) is 0 Å². The summed E-state index contributed by atoms with van der Waals surface area (Å²) >= 11 is 0. The van der Waals surface area contributed by atoms with E-state index in [-0.39, 0.29) is 26.1 Å². The predicted molar refractivity (Wildman–Crippen MR) is 240 cm³/mol. The lowest BCUT2D eigenvalue weighted by Crippen LogP contribution is -2.37. The highest BCUT2D eigenvalue weighted by molar-refractivity contribution is 7.45. The number of esters is 2. The lowest BCUT2D eigenvalue weighted by Gasteiger charge is -2.28. The number of nitrogens with zero attached hydrogens (tertiary/aromatic N) is 1. The first-order valence-electron chi connectivity index (χ1n) is 22.6. The third kappa shape index (κ3) is 43.0. The Bertz CT molecular complexity index is 1220. The van der Waals surface area contributed by atoms with E-state index in [9.17, 15) is 19.0 Å². The molecular weight excluding hydrogens is 750 g/mol. The molecule has 0 radical (unpaired) electrons. The number of hydrogen-bond acceptors (Lipinski definition) is 8. The summed E-state index contributed by atoms with van der Waals surface area (Å²) in [6, 6.07) is 0. The number of hydrogen-bond donors (Lipinski definition) is 0. The van der Waals surface area contributed by atoms with Crippen LogP contribution in [0.1, 0.15) is 168 Å². The molecule has 58 heavy (non-hydrogen) atoms. The zero-order valence-electron chi connectivity index (χ0n) is 37.5.